The number of fused-ring (bicyclic) bond motifs is 1. The first-order valence-electron chi connectivity index (χ1n) is 7.15. The first-order valence-corrected chi connectivity index (χ1v) is 9.01. The standard InChI is InChI=1S/C17H16N2O2S2/c1-10-4-5-11(2)12(8-10)14(20)9-23-17-18-13-6-7-22-15(13)16(21)19(17)3/h4-8H,9H2,1-3H3. The van der Waals surface area contributed by atoms with Gasteiger partial charge in [-0.25, -0.2) is 4.98 Å². The number of hydrogen-bond donors (Lipinski definition) is 0. The van der Waals surface area contributed by atoms with Gasteiger partial charge in [0.25, 0.3) is 5.56 Å². The number of carbonyl (C=O) groups excluding carboxylic acids is 1. The number of aryl methyl sites for hydroxylation is 2. The van der Waals surface area contributed by atoms with Crippen LogP contribution >= 0.6 is 23.1 Å². The van der Waals surface area contributed by atoms with Gasteiger partial charge in [0.05, 0.1) is 11.3 Å². The van der Waals surface area contributed by atoms with Crippen molar-refractivity contribution in [2.24, 2.45) is 7.05 Å². The quantitative estimate of drug-likeness (QED) is 0.412. The zero-order valence-electron chi connectivity index (χ0n) is 13.1. The van der Waals surface area contributed by atoms with Crippen molar-refractivity contribution in [1.82, 2.24) is 9.55 Å². The fraction of sp³-hybridized carbons (Fsp3) is 0.235. The molecule has 0 N–H and O–H groups in total. The number of aromatic nitrogens is 2. The molecule has 0 unspecified atom stereocenters. The molecule has 0 aliphatic carbocycles. The van der Waals surface area contributed by atoms with Crippen molar-refractivity contribution in [2.75, 3.05) is 5.75 Å². The van der Waals surface area contributed by atoms with E-state index in [1.165, 1.54) is 27.7 Å². The molecule has 0 amide bonds. The molecule has 2 aromatic heterocycles. The van der Waals surface area contributed by atoms with Crippen molar-refractivity contribution in [2.45, 2.75) is 19.0 Å². The third kappa shape index (κ3) is 3.09. The fourth-order valence-electron chi connectivity index (χ4n) is 2.34. The van der Waals surface area contributed by atoms with Crippen molar-refractivity contribution in [1.29, 1.82) is 0 Å². The third-order valence-corrected chi connectivity index (χ3v) is 5.59. The Bertz CT molecular complexity index is 957. The molecule has 4 nitrogen and oxygen atoms in total. The van der Waals surface area contributed by atoms with E-state index in [-0.39, 0.29) is 17.1 Å². The number of thioether (sulfide) groups is 1. The van der Waals surface area contributed by atoms with E-state index in [1.54, 1.807) is 7.05 Å². The number of benzene rings is 1. The van der Waals surface area contributed by atoms with Gasteiger partial charge in [-0.15, -0.1) is 11.3 Å². The third-order valence-electron chi connectivity index (χ3n) is 3.67. The zero-order valence-corrected chi connectivity index (χ0v) is 14.8. The lowest BCUT2D eigenvalue weighted by Gasteiger charge is -2.08. The Kier molecular flexibility index (Phi) is 4.37. The number of carbonyl (C=O) groups is 1. The lowest BCUT2D eigenvalue weighted by atomic mass is 10.0. The summed E-state index contributed by atoms with van der Waals surface area (Å²) in [6.07, 6.45) is 0. The summed E-state index contributed by atoms with van der Waals surface area (Å²) in [5.74, 6) is 0.316. The van der Waals surface area contributed by atoms with E-state index >= 15 is 0 Å². The minimum Gasteiger partial charge on any atom is -0.293 e. The van der Waals surface area contributed by atoms with Crippen molar-refractivity contribution in [3.05, 3.63) is 56.7 Å². The van der Waals surface area contributed by atoms with Crippen LogP contribution in [0.25, 0.3) is 10.2 Å². The molecule has 0 atom stereocenters. The van der Waals surface area contributed by atoms with Crippen LogP contribution in [0.4, 0.5) is 0 Å². The molecule has 6 heteroatoms. The molecule has 3 rings (SSSR count). The summed E-state index contributed by atoms with van der Waals surface area (Å²) in [6.45, 7) is 3.90. The molecule has 0 saturated carbocycles. The zero-order chi connectivity index (χ0) is 16.6. The van der Waals surface area contributed by atoms with Gasteiger partial charge < -0.3 is 0 Å². The Hall–Kier alpha value is -1.92. The van der Waals surface area contributed by atoms with E-state index < -0.39 is 0 Å². The van der Waals surface area contributed by atoms with Gasteiger partial charge >= 0.3 is 0 Å². The number of Topliss-reactive ketones (excluding diaryl/α,β-unsaturated/α-hetero) is 1. The van der Waals surface area contributed by atoms with Crippen LogP contribution in [-0.4, -0.2) is 21.1 Å². The Morgan fingerprint density at radius 3 is 2.87 bits per heavy atom. The maximum Gasteiger partial charge on any atom is 0.271 e. The topological polar surface area (TPSA) is 52.0 Å². The highest BCUT2D eigenvalue weighted by Crippen LogP contribution is 2.22. The van der Waals surface area contributed by atoms with Crippen LogP contribution in [0.2, 0.25) is 0 Å². The van der Waals surface area contributed by atoms with Crippen molar-refractivity contribution in [3.63, 3.8) is 0 Å². The number of thiophene rings is 1. The minimum atomic E-state index is -0.0633. The van der Waals surface area contributed by atoms with Crippen molar-refractivity contribution in [3.8, 4) is 0 Å². The molecular weight excluding hydrogens is 328 g/mol. The molecule has 2 heterocycles. The van der Waals surface area contributed by atoms with Crippen LogP contribution in [0.15, 0.2) is 39.6 Å². The summed E-state index contributed by atoms with van der Waals surface area (Å²) in [5.41, 5.74) is 3.40. The Morgan fingerprint density at radius 1 is 1.30 bits per heavy atom. The second-order valence-corrected chi connectivity index (χ2v) is 7.28. The van der Waals surface area contributed by atoms with Crippen LogP contribution in [0.5, 0.6) is 0 Å². The maximum absolute atomic E-state index is 12.5. The normalized spacial score (nSPS) is 11.1. The van der Waals surface area contributed by atoms with E-state index in [2.05, 4.69) is 4.98 Å². The molecule has 23 heavy (non-hydrogen) atoms. The fourth-order valence-corrected chi connectivity index (χ4v) is 4.00. The van der Waals surface area contributed by atoms with E-state index in [0.717, 1.165) is 16.7 Å². The highest BCUT2D eigenvalue weighted by molar-refractivity contribution is 7.99. The van der Waals surface area contributed by atoms with Crippen LogP contribution in [-0.2, 0) is 7.05 Å². The van der Waals surface area contributed by atoms with Gasteiger partial charge in [-0.1, -0.05) is 29.5 Å². The SMILES string of the molecule is Cc1ccc(C)c(C(=O)CSc2nc3ccsc3c(=O)n2C)c1. The summed E-state index contributed by atoms with van der Waals surface area (Å²) < 4.78 is 2.16. The predicted octanol–water partition coefficient (Wildman–Crippen LogP) is 3.59. The van der Waals surface area contributed by atoms with E-state index in [1.807, 2.05) is 43.5 Å². The summed E-state index contributed by atoms with van der Waals surface area (Å²) in [6, 6.07) is 7.69. The smallest absolute Gasteiger partial charge is 0.271 e. The van der Waals surface area contributed by atoms with Gasteiger partial charge in [0.2, 0.25) is 0 Å². The average molecular weight is 344 g/mol. The van der Waals surface area contributed by atoms with E-state index in [0.29, 0.717) is 15.4 Å². The molecule has 0 radical (unpaired) electrons. The van der Waals surface area contributed by atoms with Crippen LogP contribution in [0, 0.1) is 13.8 Å². The van der Waals surface area contributed by atoms with Gasteiger partial charge in [0.1, 0.15) is 4.70 Å². The van der Waals surface area contributed by atoms with Gasteiger partial charge in [0.15, 0.2) is 10.9 Å². The summed E-state index contributed by atoms with van der Waals surface area (Å²) in [4.78, 5) is 29.2. The second-order valence-electron chi connectivity index (χ2n) is 5.42. The minimum absolute atomic E-state index is 0.0517. The number of ketones is 1. The van der Waals surface area contributed by atoms with Crippen molar-refractivity contribution >= 4 is 39.1 Å². The molecule has 0 bridgehead atoms. The second kappa shape index (κ2) is 6.29. The lowest BCUT2D eigenvalue weighted by Crippen LogP contribution is -2.19. The molecule has 3 aromatic rings. The molecule has 118 valence electrons. The number of rotatable bonds is 4. The molecule has 0 fully saturated rings. The van der Waals surface area contributed by atoms with Gasteiger partial charge in [-0.05, 0) is 36.9 Å². The van der Waals surface area contributed by atoms with E-state index in [9.17, 15) is 9.59 Å². The maximum atomic E-state index is 12.5. The van der Waals surface area contributed by atoms with Crippen LogP contribution in [0.1, 0.15) is 21.5 Å². The van der Waals surface area contributed by atoms with E-state index in [4.69, 9.17) is 0 Å². The molecule has 1 aromatic carbocycles. The summed E-state index contributed by atoms with van der Waals surface area (Å²) in [5, 5.41) is 2.42. The van der Waals surface area contributed by atoms with Crippen LogP contribution < -0.4 is 5.56 Å². The lowest BCUT2D eigenvalue weighted by molar-refractivity contribution is 0.102. The monoisotopic (exact) mass is 344 g/mol. The van der Waals surface area contributed by atoms with Gasteiger partial charge in [0, 0.05) is 12.6 Å². The predicted molar refractivity (Wildman–Crippen MR) is 95.8 cm³/mol. The molecule has 0 aliphatic heterocycles. The average Bonchev–Trinajstić information content (AvgIpc) is 3.00. The summed E-state index contributed by atoms with van der Waals surface area (Å²) in [7, 11) is 1.69. The molecule has 0 saturated heterocycles. The number of hydrogen-bond acceptors (Lipinski definition) is 5. The number of nitrogens with zero attached hydrogens (tertiary/aromatic N) is 2. The highest BCUT2D eigenvalue weighted by Gasteiger charge is 2.14. The van der Waals surface area contributed by atoms with Gasteiger partial charge in [-0.2, -0.15) is 0 Å². The first kappa shape index (κ1) is 16.0. The molecular formula is C17H16N2O2S2. The molecule has 0 aliphatic rings. The molecule has 0 spiro atoms. The largest absolute Gasteiger partial charge is 0.293 e. The first-order chi connectivity index (χ1) is 11.0. The van der Waals surface area contributed by atoms with Gasteiger partial charge in [-0.3, -0.25) is 14.2 Å². The summed E-state index contributed by atoms with van der Waals surface area (Å²) >= 11 is 2.69. The Balaban J connectivity index is 1.86. The Labute approximate surface area is 142 Å². The highest BCUT2D eigenvalue weighted by atomic mass is 32.2. The Morgan fingerprint density at radius 2 is 2.09 bits per heavy atom. The van der Waals surface area contributed by atoms with Crippen LogP contribution in [0.3, 0.4) is 0 Å². The van der Waals surface area contributed by atoms with Crippen molar-refractivity contribution < 1.29 is 4.79 Å².